The molecule has 0 aliphatic carbocycles. The van der Waals surface area contributed by atoms with E-state index in [2.05, 4.69) is 5.32 Å². The molecule has 5 heteroatoms. The van der Waals surface area contributed by atoms with Crippen LogP contribution in [0.15, 0.2) is 48.5 Å². The molecular weight excluding hydrogens is 324 g/mol. The number of carbonyl (C=O) groups is 1. The Morgan fingerprint density at radius 1 is 1.12 bits per heavy atom. The van der Waals surface area contributed by atoms with Crippen LogP contribution in [0.4, 0.5) is 11.4 Å². The van der Waals surface area contributed by atoms with Crippen molar-refractivity contribution in [3.63, 3.8) is 0 Å². The molecule has 0 saturated heterocycles. The Balaban J connectivity index is 2.01. The van der Waals surface area contributed by atoms with Gasteiger partial charge in [-0.15, -0.1) is 0 Å². The predicted octanol–water partition coefficient (Wildman–Crippen LogP) is 4.64. The Hall–Kier alpha value is -2.72. The van der Waals surface area contributed by atoms with Gasteiger partial charge in [-0.2, -0.15) is 0 Å². The molecule has 0 saturated carbocycles. The molecule has 24 heavy (non-hydrogen) atoms. The summed E-state index contributed by atoms with van der Waals surface area (Å²) in [5.74, 6) is 0.201. The maximum atomic E-state index is 12.7. The molecule has 3 rings (SSSR count). The number of aryl methyl sites for hydroxylation is 1. The number of nitrogens with two attached hydrogens (primary N) is 1. The van der Waals surface area contributed by atoms with Gasteiger partial charge in [-0.1, -0.05) is 35.9 Å². The normalized spacial score (nSPS) is 10.6. The van der Waals surface area contributed by atoms with Crippen molar-refractivity contribution in [1.82, 2.24) is 0 Å². The van der Waals surface area contributed by atoms with Crippen LogP contribution in [-0.4, -0.2) is 13.0 Å². The van der Waals surface area contributed by atoms with Gasteiger partial charge in [0.2, 0.25) is 0 Å². The third-order valence-corrected chi connectivity index (χ3v) is 4.30. The lowest BCUT2D eigenvalue weighted by Gasteiger charge is -2.13. The fourth-order valence-corrected chi connectivity index (χ4v) is 2.73. The van der Waals surface area contributed by atoms with Gasteiger partial charge in [0.05, 0.1) is 24.0 Å². The molecule has 0 spiro atoms. The molecule has 0 radical (unpaired) electrons. The third kappa shape index (κ3) is 3.01. The smallest absolute Gasteiger partial charge is 0.259 e. The monoisotopic (exact) mass is 340 g/mol. The number of methoxy groups -OCH3 is 1. The van der Waals surface area contributed by atoms with Gasteiger partial charge in [0, 0.05) is 5.02 Å². The van der Waals surface area contributed by atoms with Gasteiger partial charge in [0.1, 0.15) is 5.75 Å². The van der Waals surface area contributed by atoms with Gasteiger partial charge in [-0.25, -0.2) is 0 Å². The van der Waals surface area contributed by atoms with Gasteiger partial charge in [0.25, 0.3) is 5.91 Å². The first kappa shape index (κ1) is 16.1. The molecular formula is C19H17ClN2O2. The first-order chi connectivity index (χ1) is 11.5. The van der Waals surface area contributed by atoms with Crippen LogP contribution >= 0.6 is 11.6 Å². The van der Waals surface area contributed by atoms with Crippen LogP contribution in [0.25, 0.3) is 10.8 Å². The van der Waals surface area contributed by atoms with Crippen molar-refractivity contribution in [1.29, 1.82) is 0 Å². The second-order valence-corrected chi connectivity index (χ2v) is 5.95. The number of ether oxygens (including phenoxy) is 1. The lowest BCUT2D eigenvalue weighted by atomic mass is 10.0. The summed E-state index contributed by atoms with van der Waals surface area (Å²) in [5, 5.41) is 5.31. The number of carbonyl (C=O) groups excluding carboxylic acids is 1. The van der Waals surface area contributed by atoms with Crippen LogP contribution in [0.3, 0.4) is 0 Å². The minimum atomic E-state index is -0.302. The lowest BCUT2D eigenvalue weighted by Crippen LogP contribution is -2.14. The van der Waals surface area contributed by atoms with Crippen LogP contribution in [0, 0.1) is 6.92 Å². The van der Waals surface area contributed by atoms with Crippen molar-refractivity contribution in [2.45, 2.75) is 6.92 Å². The molecule has 0 bridgehead atoms. The molecule has 0 unspecified atom stereocenters. The maximum Gasteiger partial charge on any atom is 0.259 e. The van der Waals surface area contributed by atoms with E-state index in [1.54, 1.807) is 18.2 Å². The van der Waals surface area contributed by atoms with Gasteiger partial charge >= 0.3 is 0 Å². The van der Waals surface area contributed by atoms with Gasteiger partial charge in [0.15, 0.2) is 0 Å². The minimum Gasteiger partial charge on any atom is -0.496 e. The highest BCUT2D eigenvalue weighted by molar-refractivity contribution is 6.32. The van der Waals surface area contributed by atoms with Crippen LogP contribution in [0.2, 0.25) is 5.02 Å². The molecule has 0 aliphatic rings. The zero-order valence-electron chi connectivity index (χ0n) is 13.4. The second-order valence-electron chi connectivity index (χ2n) is 5.54. The molecule has 3 N–H and O–H groups in total. The van der Waals surface area contributed by atoms with E-state index in [0.717, 1.165) is 16.3 Å². The lowest BCUT2D eigenvalue weighted by molar-refractivity contribution is 0.102. The summed E-state index contributed by atoms with van der Waals surface area (Å²) in [4.78, 5) is 12.7. The third-order valence-electron chi connectivity index (χ3n) is 3.89. The zero-order valence-corrected chi connectivity index (χ0v) is 14.1. The summed E-state index contributed by atoms with van der Waals surface area (Å²) in [7, 11) is 1.54. The van der Waals surface area contributed by atoms with E-state index in [4.69, 9.17) is 22.1 Å². The zero-order chi connectivity index (χ0) is 17.3. The van der Waals surface area contributed by atoms with Crippen LogP contribution in [-0.2, 0) is 0 Å². The Labute approximate surface area is 145 Å². The van der Waals surface area contributed by atoms with Crippen LogP contribution < -0.4 is 15.8 Å². The number of hydrogen-bond acceptors (Lipinski definition) is 3. The van der Waals surface area contributed by atoms with Crippen LogP contribution in [0.1, 0.15) is 15.9 Å². The minimum absolute atomic E-state index is 0.302. The molecule has 3 aromatic rings. The number of hydrogen-bond donors (Lipinski definition) is 2. The number of amides is 1. The topological polar surface area (TPSA) is 64.3 Å². The van der Waals surface area contributed by atoms with E-state index in [1.807, 2.05) is 37.3 Å². The molecule has 0 aliphatic heterocycles. The Kier molecular flexibility index (Phi) is 4.32. The predicted molar refractivity (Wildman–Crippen MR) is 99.1 cm³/mol. The van der Waals surface area contributed by atoms with E-state index >= 15 is 0 Å². The Morgan fingerprint density at radius 3 is 2.46 bits per heavy atom. The van der Waals surface area contributed by atoms with Crippen molar-refractivity contribution in [3.05, 3.63) is 64.7 Å². The Bertz CT molecular complexity index is 938. The molecule has 0 aromatic heterocycles. The summed E-state index contributed by atoms with van der Waals surface area (Å²) >= 11 is 6.12. The summed E-state index contributed by atoms with van der Waals surface area (Å²) in [6, 6.07) is 14.8. The SMILES string of the molecule is COc1cc2ccccc2cc1C(=O)Nc1cc(Cl)c(C)cc1N. The standard InChI is InChI=1S/C19H17ClN2O2/c1-11-7-16(21)17(10-15(11)20)22-19(23)14-8-12-5-3-4-6-13(12)9-18(14)24-2/h3-10H,21H2,1-2H3,(H,22,23). The van der Waals surface area contributed by atoms with Gasteiger partial charge < -0.3 is 15.8 Å². The highest BCUT2D eigenvalue weighted by Gasteiger charge is 2.15. The average Bonchev–Trinajstić information content (AvgIpc) is 2.58. The number of nitrogen functional groups attached to an aromatic ring is 1. The van der Waals surface area contributed by atoms with Crippen LogP contribution in [0.5, 0.6) is 5.75 Å². The van der Waals surface area contributed by atoms with E-state index in [9.17, 15) is 4.79 Å². The van der Waals surface area contributed by atoms with E-state index in [0.29, 0.717) is 27.7 Å². The molecule has 1 amide bonds. The molecule has 3 aromatic carbocycles. The molecule has 0 fully saturated rings. The van der Waals surface area contributed by atoms with Gasteiger partial charge in [-0.3, -0.25) is 4.79 Å². The number of rotatable bonds is 3. The number of benzene rings is 3. The number of fused-ring (bicyclic) bond motifs is 1. The van der Waals surface area contributed by atoms with Crippen molar-refractivity contribution >= 4 is 39.7 Å². The molecule has 0 atom stereocenters. The maximum absolute atomic E-state index is 12.7. The first-order valence-electron chi connectivity index (χ1n) is 7.43. The first-order valence-corrected chi connectivity index (χ1v) is 7.81. The van der Waals surface area contributed by atoms with Gasteiger partial charge in [-0.05, 0) is 47.5 Å². The summed E-state index contributed by atoms with van der Waals surface area (Å²) in [6.07, 6.45) is 0. The van der Waals surface area contributed by atoms with E-state index in [-0.39, 0.29) is 5.91 Å². The van der Waals surface area contributed by atoms with E-state index < -0.39 is 0 Å². The molecule has 122 valence electrons. The van der Waals surface area contributed by atoms with E-state index in [1.165, 1.54) is 7.11 Å². The summed E-state index contributed by atoms with van der Waals surface area (Å²) in [5.41, 5.74) is 8.21. The van der Waals surface area contributed by atoms with Crippen molar-refractivity contribution < 1.29 is 9.53 Å². The molecule has 4 nitrogen and oxygen atoms in total. The summed E-state index contributed by atoms with van der Waals surface area (Å²) < 4.78 is 5.37. The average molecular weight is 341 g/mol. The largest absolute Gasteiger partial charge is 0.496 e. The quantitative estimate of drug-likeness (QED) is 0.682. The number of halogens is 1. The fourth-order valence-electron chi connectivity index (χ4n) is 2.57. The van der Waals surface area contributed by atoms with Crippen molar-refractivity contribution in [3.8, 4) is 5.75 Å². The molecule has 0 heterocycles. The highest BCUT2D eigenvalue weighted by atomic mass is 35.5. The number of nitrogens with one attached hydrogen (secondary N) is 1. The highest BCUT2D eigenvalue weighted by Crippen LogP contribution is 2.30. The Morgan fingerprint density at radius 2 is 1.79 bits per heavy atom. The second kappa shape index (κ2) is 6.42. The fraction of sp³-hybridized carbons (Fsp3) is 0.105. The number of anilines is 2. The van der Waals surface area contributed by atoms with Crippen molar-refractivity contribution in [2.24, 2.45) is 0 Å². The summed E-state index contributed by atoms with van der Waals surface area (Å²) in [6.45, 7) is 1.86. The van der Waals surface area contributed by atoms with Crippen molar-refractivity contribution in [2.75, 3.05) is 18.2 Å².